The Morgan fingerprint density at radius 2 is 2.14 bits per heavy atom. The number of carbonyl (C=O) groups is 1. The van der Waals surface area contributed by atoms with Crippen molar-refractivity contribution in [3.8, 4) is 5.75 Å². The molecule has 0 aliphatic carbocycles. The summed E-state index contributed by atoms with van der Waals surface area (Å²) in [6, 6.07) is 7.88. The molecule has 1 aliphatic heterocycles. The number of hydrogen-bond acceptors (Lipinski definition) is 4. The Hall–Kier alpha value is -1.59. The molecule has 2 rings (SSSR count). The predicted molar refractivity (Wildman–Crippen MR) is 96.9 cm³/mol. The third-order valence-corrected chi connectivity index (χ3v) is 4.87. The fraction of sp³-hybridized carbons (Fsp3) is 0.294. The van der Waals surface area contributed by atoms with Crippen LogP contribution in [0, 0.1) is 0 Å². The Morgan fingerprint density at radius 1 is 1.41 bits per heavy atom. The molecule has 0 saturated carbocycles. The van der Waals surface area contributed by atoms with Gasteiger partial charge >= 0.3 is 0 Å². The highest BCUT2D eigenvalue weighted by Crippen LogP contribution is 2.33. The van der Waals surface area contributed by atoms with Crippen molar-refractivity contribution >= 4 is 40.3 Å². The lowest BCUT2D eigenvalue weighted by molar-refractivity contribution is -0.123. The molecule has 0 bridgehead atoms. The molecule has 0 spiro atoms. The number of amides is 1. The Morgan fingerprint density at radius 3 is 2.82 bits per heavy atom. The molecule has 1 heterocycles. The standard InChI is InChI=1S/C17H19NO2S2/c1-4-12(2)18-16(19)15(22-17(18)21)11-7-9-13-8-5-6-10-14(13)20-3/h5-12H,4H2,1-3H3/b9-7+,15-11-/t12-/m0/s1. The quantitative estimate of drug-likeness (QED) is 0.595. The van der Waals surface area contributed by atoms with Crippen LogP contribution >= 0.6 is 24.0 Å². The Kier molecular flexibility index (Phi) is 5.80. The highest BCUT2D eigenvalue weighted by atomic mass is 32.2. The number of ether oxygens (including phenoxy) is 1. The lowest BCUT2D eigenvalue weighted by atomic mass is 10.2. The first kappa shape index (κ1) is 16.8. The summed E-state index contributed by atoms with van der Waals surface area (Å²) in [5, 5.41) is 0. The van der Waals surface area contributed by atoms with Gasteiger partial charge in [-0.3, -0.25) is 9.69 Å². The largest absolute Gasteiger partial charge is 0.496 e. The van der Waals surface area contributed by atoms with Gasteiger partial charge in [0.25, 0.3) is 5.91 Å². The maximum absolute atomic E-state index is 12.4. The molecule has 5 heteroatoms. The fourth-order valence-corrected chi connectivity index (χ4v) is 3.51. The topological polar surface area (TPSA) is 29.5 Å². The summed E-state index contributed by atoms with van der Waals surface area (Å²) in [4.78, 5) is 14.7. The molecule has 22 heavy (non-hydrogen) atoms. The van der Waals surface area contributed by atoms with E-state index in [0.29, 0.717) is 9.23 Å². The lowest BCUT2D eigenvalue weighted by Crippen LogP contribution is -2.36. The number of thioether (sulfide) groups is 1. The first-order chi connectivity index (χ1) is 10.6. The van der Waals surface area contributed by atoms with E-state index in [1.165, 1.54) is 11.8 Å². The minimum Gasteiger partial charge on any atom is -0.496 e. The van der Waals surface area contributed by atoms with Gasteiger partial charge in [-0.15, -0.1) is 0 Å². The number of hydrogen-bond donors (Lipinski definition) is 0. The normalized spacial score (nSPS) is 18.5. The summed E-state index contributed by atoms with van der Waals surface area (Å²) in [7, 11) is 1.64. The third-order valence-electron chi connectivity index (χ3n) is 3.52. The van der Waals surface area contributed by atoms with Crippen LogP contribution in [0.4, 0.5) is 0 Å². The van der Waals surface area contributed by atoms with E-state index >= 15 is 0 Å². The third kappa shape index (κ3) is 3.59. The van der Waals surface area contributed by atoms with Crippen molar-refractivity contribution in [3.63, 3.8) is 0 Å². The molecule has 0 N–H and O–H groups in total. The van der Waals surface area contributed by atoms with Crippen molar-refractivity contribution in [2.45, 2.75) is 26.3 Å². The van der Waals surface area contributed by atoms with E-state index in [1.807, 2.05) is 49.4 Å². The minimum atomic E-state index is -0.00553. The van der Waals surface area contributed by atoms with Gasteiger partial charge in [-0.25, -0.2) is 0 Å². The number of methoxy groups -OCH3 is 1. The van der Waals surface area contributed by atoms with Crippen LogP contribution in [0.2, 0.25) is 0 Å². The predicted octanol–water partition coefficient (Wildman–Crippen LogP) is 4.25. The summed E-state index contributed by atoms with van der Waals surface area (Å²) in [6.45, 7) is 4.06. The van der Waals surface area contributed by atoms with Crippen LogP contribution < -0.4 is 4.74 Å². The lowest BCUT2D eigenvalue weighted by Gasteiger charge is -2.21. The number of rotatable bonds is 5. The maximum atomic E-state index is 12.4. The number of nitrogens with zero attached hydrogens (tertiary/aromatic N) is 1. The van der Waals surface area contributed by atoms with Gasteiger partial charge in [0, 0.05) is 11.6 Å². The van der Waals surface area contributed by atoms with Crippen molar-refractivity contribution < 1.29 is 9.53 Å². The average Bonchev–Trinajstić information content (AvgIpc) is 2.81. The Balaban J connectivity index is 2.16. The molecule has 1 aliphatic rings. The summed E-state index contributed by atoms with van der Waals surface area (Å²) < 4.78 is 5.93. The second-order valence-electron chi connectivity index (χ2n) is 4.93. The van der Waals surface area contributed by atoms with Gasteiger partial charge in [-0.1, -0.05) is 61.3 Å². The SMILES string of the molecule is CC[C@H](C)N1C(=O)/C(=C/C=C/c2ccccc2OC)SC1=S. The first-order valence-electron chi connectivity index (χ1n) is 7.15. The molecule has 1 amide bonds. The van der Waals surface area contributed by atoms with Gasteiger partial charge < -0.3 is 4.74 Å². The van der Waals surface area contributed by atoms with Crippen LogP contribution in [0.3, 0.4) is 0 Å². The van der Waals surface area contributed by atoms with Crippen LogP contribution in [0.1, 0.15) is 25.8 Å². The van der Waals surface area contributed by atoms with Gasteiger partial charge in [-0.2, -0.15) is 0 Å². The van der Waals surface area contributed by atoms with Gasteiger partial charge in [-0.05, 0) is 25.5 Å². The van der Waals surface area contributed by atoms with Gasteiger partial charge in [0.05, 0.1) is 12.0 Å². The van der Waals surface area contributed by atoms with Crippen LogP contribution in [0.15, 0.2) is 41.3 Å². The van der Waals surface area contributed by atoms with Crippen molar-refractivity contribution in [1.82, 2.24) is 4.90 Å². The highest BCUT2D eigenvalue weighted by molar-refractivity contribution is 8.26. The molecule has 3 nitrogen and oxygen atoms in total. The number of thiocarbonyl (C=S) groups is 1. The molecular formula is C17H19NO2S2. The summed E-state index contributed by atoms with van der Waals surface area (Å²) in [5.41, 5.74) is 0.971. The maximum Gasteiger partial charge on any atom is 0.266 e. The van der Waals surface area contributed by atoms with Crippen molar-refractivity contribution in [3.05, 3.63) is 46.9 Å². The molecule has 0 radical (unpaired) electrons. The fourth-order valence-electron chi connectivity index (χ4n) is 2.10. The van der Waals surface area contributed by atoms with E-state index in [0.717, 1.165) is 17.7 Å². The van der Waals surface area contributed by atoms with E-state index in [9.17, 15) is 4.79 Å². The number of allylic oxidation sites excluding steroid dienone is 2. The second kappa shape index (κ2) is 7.61. The Bertz CT molecular complexity index is 637. The van der Waals surface area contributed by atoms with E-state index in [4.69, 9.17) is 17.0 Å². The molecule has 1 saturated heterocycles. The van der Waals surface area contributed by atoms with Crippen LogP contribution in [-0.2, 0) is 4.79 Å². The molecule has 0 aromatic heterocycles. The summed E-state index contributed by atoms with van der Waals surface area (Å²) >= 11 is 6.66. The minimum absolute atomic E-state index is 0.00553. The van der Waals surface area contributed by atoms with Crippen LogP contribution in [-0.4, -0.2) is 28.3 Å². The van der Waals surface area contributed by atoms with Crippen LogP contribution in [0.25, 0.3) is 6.08 Å². The zero-order valence-electron chi connectivity index (χ0n) is 12.9. The summed E-state index contributed by atoms with van der Waals surface area (Å²) in [5.74, 6) is 0.799. The van der Waals surface area contributed by atoms with E-state index in [2.05, 4.69) is 6.92 Å². The molecule has 1 aromatic carbocycles. The molecular weight excluding hydrogens is 314 g/mol. The zero-order valence-corrected chi connectivity index (χ0v) is 14.5. The first-order valence-corrected chi connectivity index (χ1v) is 8.37. The van der Waals surface area contributed by atoms with Gasteiger partial charge in [0.2, 0.25) is 0 Å². The summed E-state index contributed by atoms with van der Waals surface area (Å²) in [6.07, 6.45) is 6.49. The van der Waals surface area contributed by atoms with E-state index in [-0.39, 0.29) is 11.9 Å². The monoisotopic (exact) mass is 333 g/mol. The molecule has 1 fully saturated rings. The number of benzene rings is 1. The molecule has 0 unspecified atom stereocenters. The smallest absolute Gasteiger partial charge is 0.266 e. The molecule has 1 atom stereocenters. The average molecular weight is 333 g/mol. The highest BCUT2D eigenvalue weighted by Gasteiger charge is 2.34. The van der Waals surface area contributed by atoms with Gasteiger partial charge in [0.1, 0.15) is 10.1 Å². The van der Waals surface area contributed by atoms with Crippen molar-refractivity contribution in [2.24, 2.45) is 0 Å². The zero-order chi connectivity index (χ0) is 16.1. The van der Waals surface area contributed by atoms with E-state index in [1.54, 1.807) is 12.0 Å². The second-order valence-corrected chi connectivity index (χ2v) is 6.61. The van der Waals surface area contributed by atoms with Crippen LogP contribution in [0.5, 0.6) is 5.75 Å². The van der Waals surface area contributed by atoms with Crippen molar-refractivity contribution in [2.75, 3.05) is 7.11 Å². The van der Waals surface area contributed by atoms with Crippen molar-refractivity contribution in [1.29, 1.82) is 0 Å². The van der Waals surface area contributed by atoms with Gasteiger partial charge in [0.15, 0.2) is 0 Å². The Labute approximate surface area is 141 Å². The number of para-hydroxylation sites is 1. The molecule has 116 valence electrons. The van der Waals surface area contributed by atoms with E-state index < -0.39 is 0 Å². The molecule has 1 aromatic rings. The number of carbonyl (C=O) groups excluding carboxylic acids is 1.